The van der Waals surface area contributed by atoms with Gasteiger partial charge in [0.1, 0.15) is 0 Å². The van der Waals surface area contributed by atoms with E-state index >= 15 is 0 Å². The van der Waals surface area contributed by atoms with E-state index in [1.165, 1.54) is 43.3 Å². The molecule has 1 fully saturated rings. The molecule has 0 atom stereocenters. The van der Waals surface area contributed by atoms with E-state index in [4.69, 9.17) is 0 Å². The van der Waals surface area contributed by atoms with Crippen LogP contribution in [0.5, 0.6) is 0 Å². The van der Waals surface area contributed by atoms with E-state index in [9.17, 15) is 0 Å². The van der Waals surface area contributed by atoms with Gasteiger partial charge < -0.3 is 9.80 Å². The van der Waals surface area contributed by atoms with Crippen LogP contribution in [0.25, 0.3) is 0 Å². The molecule has 1 rings (SSSR count). The minimum atomic E-state index is 0.636. The number of piperidine rings is 1. The number of hydrogen-bond acceptors (Lipinski definition) is 2. The van der Waals surface area contributed by atoms with Crippen molar-refractivity contribution in [2.75, 3.05) is 45.2 Å². The van der Waals surface area contributed by atoms with Crippen LogP contribution >= 0.6 is 22.6 Å². The van der Waals surface area contributed by atoms with Gasteiger partial charge >= 0.3 is 0 Å². The molecule has 0 amide bonds. The van der Waals surface area contributed by atoms with Crippen molar-refractivity contribution < 1.29 is 0 Å². The van der Waals surface area contributed by atoms with Crippen molar-refractivity contribution in [1.82, 2.24) is 9.80 Å². The monoisotopic (exact) mass is 310 g/mol. The van der Waals surface area contributed by atoms with E-state index in [-0.39, 0.29) is 0 Å². The van der Waals surface area contributed by atoms with Crippen LogP contribution in [0.3, 0.4) is 0 Å². The normalized spacial score (nSPS) is 22.9. The van der Waals surface area contributed by atoms with E-state index in [1.54, 1.807) is 0 Å². The Morgan fingerprint density at radius 3 is 2.29 bits per heavy atom. The summed E-state index contributed by atoms with van der Waals surface area (Å²) in [6, 6.07) is 0. The fourth-order valence-electron chi connectivity index (χ4n) is 2.00. The molecule has 1 aliphatic heterocycles. The molecule has 0 aromatic rings. The van der Waals surface area contributed by atoms with Crippen LogP contribution in [0.2, 0.25) is 0 Å². The Hall–Kier alpha value is 0.650. The summed E-state index contributed by atoms with van der Waals surface area (Å²) in [5, 5.41) is 0. The molecule has 2 nitrogen and oxygen atoms in total. The molecule has 0 radical (unpaired) electrons. The van der Waals surface area contributed by atoms with Gasteiger partial charge in [0, 0.05) is 4.43 Å². The molecule has 0 aromatic carbocycles. The van der Waals surface area contributed by atoms with Gasteiger partial charge in [0.05, 0.1) is 0 Å². The standard InChI is InChI=1S/C11H23IN2/c1-13(2)7-4-11(10-12)5-8-14(3)9-6-11/h4-10H2,1-3H3. The maximum Gasteiger partial charge on any atom is 0.00534 e. The van der Waals surface area contributed by atoms with E-state index in [1.807, 2.05) is 0 Å². The highest BCUT2D eigenvalue weighted by atomic mass is 127. The van der Waals surface area contributed by atoms with Crippen LogP contribution in [0.4, 0.5) is 0 Å². The van der Waals surface area contributed by atoms with Crippen LogP contribution in [-0.4, -0.2) is 55.0 Å². The Balaban J connectivity index is 2.41. The first kappa shape index (κ1) is 12.7. The van der Waals surface area contributed by atoms with Gasteiger partial charge in [0.2, 0.25) is 0 Å². The molecule has 1 saturated heterocycles. The molecule has 0 unspecified atom stereocenters. The van der Waals surface area contributed by atoms with Crippen molar-refractivity contribution in [1.29, 1.82) is 0 Å². The van der Waals surface area contributed by atoms with Crippen LogP contribution in [0.1, 0.15) is 19.3 Å². The summed E-state index contributed by atoms with van der Waals surface area (Å²) in [6.45, 7) is 3.82. The number of hydrogen-bond donors (Lipinski definition) is 0. The Morgan fingerprint density at radius 1 is 1.29 bits per heavy atom. The van der Waals surface area contributed by atoms with Gasteiger partial charge in [-0.05, 0) is 65.5 Å². The summed E-state index contributed by atoms with van der Waals surface area (Å²) < 4.78 is 1.33. The molecule has 84 valence electrons. The molecule has 1 aliphatic rings. The molecule has 14 heavy (non-hydrogen) atoms. The summed E-state index contributed by atoms with van der Waals surface area (Å²) in [4.78, 5) is 4.77. The van der Waals surface area contributed by atoms with Gasteiger partial charge in [-0.25, -0.2) is 0 Å². The summed E-state index contributed by atoms with van der Waals surface area (Å²) in [5.41, 5.74) is 0.636. The quantitative estimate of drug-likeness (QED) is 0.579. The van der Waals surface area contributed by atoms with Gasteiger partial charge in [-0.2, -0.15) is 0 Å². The first-order chi connectivity index (χ1) is 6.58. The summed E-state index contributed by atoms with van der Waals surface area (Å²) in [7, 11) is 6.59. The third kappa shape index (κ3) is 3.66. The number of rotatable bonds is 4. The zero-order valence-electron chi connectivity index (χ0n) is 9.72. The fraction of sp³-hybridized carbons (Fsp3) is 1.00. The van der Waals surface area contributed by atoms with Crippen molar-refractivity contribution >= 4 is 22.6 Å². The fourth-order valence-corrected chi connectivity index (χ4v) is 3.15. The molecule has 0 spiro atoms. The SMILES string of the molecule is CN(C)CCC1(CI)CCN(C)CC1. The smallest absolute Gasteiger partial charge is 0.00534 e. The largest absolute Gasteiger partial charge is 0.309 e. The van der Waals surface area contributed by atoms with Gasteiger partial charge in [0.15, 0.2) is 0 Å². The Morgan fingerprint density at radius 2 is 1.86 bits per heavy atom. The third-order valence-corrected chi connectivity index (χ3v) is 5.04. The average Bonchev–Trinajstić information content (AvgIpc) is 2.18. The summed E-state index contributed by atoms with van der Waals surface area (Å²) in [6.07, 6.45) is 4.15. The van der Waals surface area contributed by atoms with E-state index in [0.717, 1.165) is 0 Å². The summed E-state index contributed by atoms with van der Waals surface area (Å²) >= 11 is 2.58. The predicted molar refractivity (Wildman–Crippen MR) is 71.2 cm³/mol. The lowest BCUT2D eigenvalue weighted by atomic mass is 9.77. The highest BCUT2D eigenvalue weighted by Gasteiger charge is 2.32. The molecule has 0 aliphatic carbocycles. The molecular formula is C11H23IN2. The second-order valence-corrected chi connectivity index (χ2v) is 5.75. The maximum absolute atomic E-state index is 2.58. The first-order valence-corrected chi connectivity index (χ1v) is 7.00. The van der Waals surface area contributed by atoms with Gasteiger partial charge in [0.25, 0.3) is 0 Å². The van der Waals surface area contributed by atoms with Crippen molar-refractivity contribution in [2.45, 2.75) is 19.3 Å². The third-order valence-electron chi connectivity index (χ3n) is 3.42. The topological polar surface area (TPSA) is 6.48 Å². The Labute approximate surface area is 102 Å². The van der Waals surface area contributed by atoms with Crippen molar-refractivity contribution in [2.24, 2.45) is 5.41 Å². The molecule has 3 heteroatoms. The lowest BCUT2D eigenvalue weighted by Crippen LogP contribution is -2.40. The number of alkyl halides is 1. The molecule has 0 aromatic heterocycles. The van der Waals surface area contributed by atoms with Gasteiger partial charge in [-0.15, -0.1) is 0 Å². The highest BCUT2D eigenvalue weighted by molar-refractivity contribution is 14.1. The lowest BCUT2D eigenvalue weighted by Gasteiger charge is -2.40. The zero-order chi connectivity index (χ0) is 10.6. The van der Waals surface area contributed by atoms with E-state index in [2.05, 4.69) is 53.5 Å². The van der Waals surface area contributed by atoms with Gasteiger partial charge in [-0.3, -0.25) is 0 Å². The number of nitrogens with zero attached hydrogens (tertiary/aromatic N) is 2. The minimum absolute atomic E-state index is 0.636. The Kier molecular flexibility index (Phi) is 5.14. The Bertz CT molecular complexity index is 163. The second-order valence-electron chi connectivity index (χ2n) is 4.99. The zero-order valence-corrected chi connectivity index (χ0v) is 11.9. The second kappa shape index (κ2) is 5.66. The van der Waals surface area contributed by atoms with Crippen LogP contribution in [-0.2, 0) is 0 Å². The number of halogens is 1. The van der Waals surface area contributed by atoms with Gasteiger partial charge in [-0.1, -0.05) is 22.6 Å². The minimum Gasteiger partial charge on any atom is -0.309 e. The molecule has 0 bridgehead atoms. The number of likely N-dealkylation sites (tertiary alicyclic amines) is 1. The van der Waals surface area contributed by atoms with E-state index < -0.39 is 0 Å². The predicted octanol–water partition coefficient (Wildman–Crippen LogP) is 2.09. The van der Waals surface area contributed by atoms with Crippen LogP contribution in [0.15, 0.2) is 0 Å². The molecule has 1 heterocycles. The lowest BCUT2D eigenvalue weighted by molar-refractivity contribution is 0.127. The van der Waals surface area contributed by atoms with Crippen LogP contribution in [0, 0.1) is 5.41 Å². The van der Waals surface area contributed by atoms with Crippen molar-refractivity contribution in [3.05, 3.63) is 0 Å². The van der Waals surface area contributed by atoms with Crippen molar-refractivity contribution in [3.63, 3.8) is 0 Å². The summed E-state index contributed by atoms with van der Waals surface area (Å²) in [5.74, 6) is 0. The average molecular weight is 310 g/mol. The highest BCUT2D eigenvalue weighted by Crippen LogP contribution is 2.36. The molecule has 0 N–H and O–H groups in total. The maximum atomic E-state index is 2.58. The molecular weight excluding hydrogens is 287 g/mol. The van der Waals surface area contributed by atoms with E-state index in [0.29, 0.717) is 5.41 Å². The van der Waals surface area contributed by atoms with Crippen LogP contribution < -0.4 is 0 Å². The van der Waals surface area contributed by atoms with Crippen molar-refractivity contribution in [3.8, 4) is 0 Å². The molecule has 0 saturated carbocycles. The first-order valence-electron chi connectivity index (χ1n) is 5.47.